The largest absolute Gasteiger partial charge is 0.353 e. The maximum absolute atomic E-state index is 13.0. The second-order valence-corrected chi connectivity index (χ2v) is 8.63. The monoisotopic (exact) mass is 437 g/mol. The van der Waals surface area contributed by atoms with Crippen LogP contribution in [0.5, 0.6) is 0 Å². The molecule has 1 atom stereocenters. The van der Waals surface area contributed by atoms with Gasteiger partial charge in [0.15, 0.2) is 0 Å². The Kier molecular flexibility index (Phi) is 6.83. The molecule has 2 aromatic rings. The number of hydrogen-bond acceptors (Lipinski definition) is 3. The van der Waals surface area contributed by atoms with Crippen LogP contribution in [0.1, 0.15) is 30.4 Å². The predicted octanol–water partition coefficient (Wildman–Crippen LogP) is 2.52. The number of amides is 3. The minimum Gasteiger partial charge on any atom is -0.353 e. The fraction of sp³-hybridized carbons (Fsp3) is 0.400. The molecule has 0 saturated carbocycles. The van der Waals surface area contributed by atoms with E-state index in [9.17, 15) is 18.8 Å². The molecule has 2 saturated heterocycles. The Labute approximate surface area is 187 Å². The van der Waals surface area contributed by atoms with Gasteiger partial charge in [0.05, 0.1) is 12.3 Å². The molecule has 2 heterocycles. The average Bonchev–Trinajstić information content (AvgIpc) is 3.16. The van der Waals surface area contributed by atoms with Crippen molar-refractivity contribution in [3.05, 3.63) is 71.5 Å². The van der Waals surface area contributed by atoms with E-state index in [-0.39, 0.29) is 48.3 Å². The molecule has 3 amide bonds. The first-order chi connectivity index (χ1) is 15.5. The zero-order valence-electron chi connectivity index (χ0n) is 18.0. The van der Waals surface area contributed by atoms with Crippen LogP contribution in [0, 0.1) is 11.7 Å². The third kappa shape index (κ3) is 5.52. The van der Waals surface area contributed by atoms with E-state index < -0.39 is 0 Å². The summed E-state index contributed by atoms with van der Waals surface area (Å²) in [5.74, 6) is -0.659. The number of carbonyl (C=O) groups excluding carboxylic acids is 3. The highest BCUT2D eigenvalue weighted by molar-refractivity contribution is 5.89. The lowest BCUT2D eigenvalue weighted by Crippen LogP contribution is -2.48. The number of benzene rings is 2. The predicted molar refractivity (Wildman–Crippen MR) is 118 cm³/mol. The molecule has 32 heavy (non-hydrogen) atoms. The summed E-state index contributed by atoms with van der Waals surface area (Å²) in [4.78, 5) is 41.2. The lowest BCUT2D eigenvalue weighted by Gasteiger charge is -2.33. The Morgan fingerprint density at radius 3 is 2.34 bits per heavy atom. The molecular formula is C25H28FN3O3. The van der Waals surface area contributed by atoms with Gasteiger partial charge in [0, 0.05) is 38.6 Å². The van der Waals surface area contributed by atoms with E-state index in [1.165, 1.54) is 12.1 Å². The lowest BCUT2D eigenvalue weighted by atomic mass is 10.0. The molecule has 1 unspecified atom stereocenters. The van der Waals surface area contributed by atoms with E-state index in [4.69, 9.17) is 0 Å². The maximum Gasteiger partial charge on any atom is 0.227 e. The van der Waals surface area contributed by atoms with E-state index in [2.05, 4.69) is 5.32 Å². The van der Waals surface area contributed by atoms with Gasteiger partial charge in [0.2, 0.25) is 17.7 Å². The first-order valence-electron chi connectivity index (χ1n) is 11.1. The lowest BCUT2D eigenvalue weighted by molar-refractivity contribution is -0.137. The van der Waals surface area contributed by atoms with Crippen molar-refractivity contribution >= 4 is 17.7 Å². The average molecular weight is 438 g/mol. The van der Waals surface area contributed by atoms with Gasteiger partial charge in [-0.25, -0.2) is 4.39 Å². The number of rotatable bonds is 6. The highest BCUT2D eigenvalue weighted by atomic mass is 19.1. The summed E-state index contributed by atoms with van der Waals surface area (Å²) in [6, 6.07) is 15.7. The number of nitrogens with zero attached hydrogens (tertiary/aromatic N) is 2. The molecule has 2 aromatic carbocycles. The molecule has 0 spiro atoms. The first kappa shape index (κ1) is 22.0. The fourth-order valence-corrected chi connectivity index (χ4v) is 4.46. The second-order valence-electron chi connectivity index (χ2n) is 8.63. The third-order valence-electron chi connectivity index (χ3n) is 6.23. The van der Waals surface area contributed by atoms with Gasteiger partial charge in [-0.1, -0.05) is 42.5 Å². The maximum atomic E-state index is 13.0. The van der Waals surface area contributed by atoms with Crippen LogP contribution in [0.15, 0.2) is 54.6 Å². The van der Waals surface area contributed by atoms with Gasteiger partial charge in [-0.2, -0.15) is 0 Å². The van der Waals surface area contributed by atoms with E-state index in [0.29, 0.717) is 39.0 Å². The Hall–Kier alpha value is -3.22. The van der Waals surface area contributed by atoms with Crippen LogP contribution >= 0.6 is 0 Å². The number of hydrogen-bond donors (Lipinski definition) is 1. The standard InChI is InChI=1S/C25H28FN3O3/c26-21-8-6-18(7-9-21)14-23(30)27-22-10-12-28(13-11-22)25(32)20-15-24(31)29(17-20)16-19-4-2-1-3-5-19/h1-9,20,22H,10-17H2,(H,27,30). The molecule has 0 aliphatic carbocycles. The van der Waals surface area contributed by atoms with Crippen molar-refractivity contribution in [2.24, 2.45) is 5.92 Å². The zero-order valence-corrected chi connectivity index (χ0v) is 18.0. The number of carbonyl (C=O) groups is 3. The van der Waals surface area contributed by atoms with Crippen molar-refractivity contribution in [3.8, 4) is 0 Å². The summed E-state index contributed by atoms with van der Waals surface area (Å²) < 4.78 is 13.0. The summed E-state index contributed by atoms with van der Waals surface area (Å²) in [7, 11) is 0. The Bertz CT molecular complexity index is 956. The summed E-state index contributed by atoms with van der Waals surface area (Å²) in [5, 5.41) is 3.02. The molecule has 1 N–H and O–H groups in total. The highest BCUT2D eigenvalue weighted by Crippen LogP contribution is 2.24. The van der Waals surface area contributed by atoms with Gasteiger partial charge in [0.1, 0.15) is 5.82 Å². The molecule has 0 radical (unpaired) electrons. The Balaban J connectivity index is 1.22. The second kappa shape index (κ2) is 9.94. The number of halogens is 1. The molecule has 0 bridgehead atoms. The van der Waals surface area contributed by atoms with Gasteiger partial charge in [0.25, 0.3) is 0 Å². The first-order valence-corrected chi connectivity index (χ1v) is 11.1. The van der Waals surface area contributed by atoms with E-state index in [0.717, 1.165) is 11.1 Å². The normalized spacial score (nSPS) is 19.3. The molecule has 2 aliphatic heterocycles. The van der Waals surface area contributed by atoms with Crippen LogP contribution in [0.25, 0.3) is 0 Å². The quantitative estimate of drug-likeness (QED) is 0.755. The summed E-state index contributed by atoms with van der Waals surface area (Å²) in [5.41, 5.74) is 1.83. The van der Waals surface area contributed by atoms with Gasteiger partial charge in [-0.05, 0) is 36.1 Å². The summed E-state index contributed by atoms with van der Waals surface area (Å²) >= 11 is 0. The highest BCUT2D eigenvalue weighted by Gasteiger charge is 2.37. The molecule has 4 rings (SSSR count). The molecule has 2 aliphatic rings. The van der Waals surface area contributed by atoms with Crippen molar-refractivity contribution in [2.75, 3.05) is 19.6 Å². The Morgan fingerprint density at radius 1 is 0.969 bits per heavy atom. The van der Waals surface area contributed by atoms with Gasteiger partial charge >= 0.3 is 0 Å². The van der Waals surface area contributed by atoms with Gasteiger partial charge in [-0.15, -0.1) is 0 Å². The molecular weight excluding hydrogens is 409 g/mol. The third-order valence-corrected chi connectivity index (χ3v) is 6.23. The van der Waals surface area contributed by atoms with Crippen molar-refractivity contribution in [2.45, 2.75) is 38.3 Å². The van der Waals surface area contributed by atoms with Crippen molar-refractivity contribution in [3.63, 3.8) is 0 Å². The molecule has 7 heteroatoms. The van der Waals surface area contributed by atoms with Gasteiger partial charge in [-0.3, -0.25) is 14.4 Å². The van der Waals surface area contributed by atoms with Gasteiger partial charge < -0.3 is 15.1 Å². The number of nitrogens with one attached hydrogen (secondary N) is 1. The molecule has 168 valence electrons. The van der Waals surface area contributed by atoms with E-state index >= 15 is 0 Å². The fourth-order valence-electron chi connectivity index (χ4n) is 4.46. The van der Waals surface area contributed by atoms with Crippen LogP contribution in [0.4, 0.5) is 4.39 Å². The summed E-state index contributed by atoms with van der Waals surface area (Å²) in [6.07, 6.45) is 1.85. The van der Waals surface area contributed by atoms with Crippen LogP contribution in [0.3, 0.4) is 0 Å². The van der Waals surface area contributed by atoms with Crippen molar-refractivity contribution in [1.29, 1.82) is 0 Å². The van der Waals surface area contributed by atoms with Crippen LogP contribution in [-0.2, 0) is 27.3 Å². The minimum atomic E-state index is -0.321. The van der Waals surface area contributed by atoms with Crippen LogP contribution < -0.4 is 5.32 Å². The van der Waals surface area contributed by atoms with E-state index in [1.54, 1.807) is 17.0 Å². The topological polar surface area (TPSA) is 69.7 Å². The molecule has 0 aromatic heterocycles. The van der Waals surface area contributed by atoms with E-state index in [1.807, 2.05) is 35.2 Å². The van der Waals surface area contributed by atoms with Crippen molar-refractivity contribution in [1.82, 2.24) is 15.1 Å². The SMILES string of the molecule is O=C(Cc1ccc(F)cc1)NC1CCN(C(=O)C2CC(=O)N(Cc3ccccc3)C2)CC1. The molecule has 6 nitrogen and oxygen atoms in total. The molecule has 2 fully saturated rings. The summed E-state index contributed by atoms with van der Waals surface area (Å²) in [6.45, 7) is 2.14. The number of likely N-dealkylation sites (tertiary alicyclic amines) is 2. The smallest absolute Gasteiger partial charge is 0.227 e. The zero-order chi connectivity index (χ0) is 22.5. The van der Waals surface area contributed by atoms with Crippen LogP contribution in [-0.4, -0.2) is 53.2 Å². The minimum absolute atomic E-state index is 0.0202. The van der Waals surface area contributed by atoms with Crippen LogP contribution in [0.2, 0.25) is 0 Å². The number of piperidine rings is 1. The van der Waals surface area contributed by atoms with Crippen molar-refractivity contribution < 1.29 is 18.8 Å². The Morgan fingerprint density at radius 2 is 1.66 bits per heavy atom.